The highest BCUT2D eigenvalue weighted by atomic mass is 32.1. The van der Waals surface area contributed by atoms with E-state index in [0.717, 1.165) is 31.9 Å². The summed E-state index contributed by atoms with van der Waals surface area (Å²) in [4.78, 5) is 14.5. The number of benzene rings is 1. The molecule has 1 aliphatic rings. The Bertz CT molecular complexity index is 604. The Morgan fingerprint density at radius 2 is 2.15 bits per heavy atom. The molecule has 0 radical (unpaired) electrons. The summed E-state index contributed by atoms with van der Waals surface area (Å²) in [5.41, 5.74) is 0.878. The van der Waals surface area contributed by atoms with Crippen molar-refractivity contribution in [3.63, 3.8) is 0 Å². The van der Waals surface area contributed by atoms with Gasteiger partial charge in [0.25, 0.3) is 0 Å². The van der Waals surface area contributed by atoms with Crippen molar-refractivity contribution < 1.29 is 4.79 Å². The zero-order valence-corrected chi connectivity index (χ0v) is 12.4. The van der Waals surface area contributed by atoms with Crippen LogP contribution in [0.5, 0.6) is 0 Å². The Morgan fingerprint density at radius 1 is 1.35 bits per heavy atom. The first-order valence-electron chi connectivity index (χ1n) is 6.97. The molecule has 0 spiro atoms. The zero-order chi connectivity index (χ0) is 13.9. The summed E-state index contributed by atoms with van der Waals surface area (Å²) in [7, 11) is 0. The van der Waals surface area contributed by atoms with Crippen LogP contribution in [0.4, 0.5) is 5.69 Å². The first kappa shape index (κ1) is 13.5. The van der Waals surface area contributed by atoms with Gasteiger partial charge in [0, 0.05) is 36.6 Å². The number of fused-ring (bicyclic) bond motifs is 1. The Hall–Kier alpha value is -1.43. The second kappa shape index (κ2) is 5.91. The number of thiophene rings is 1. The third-order valence-electron chi connectivity index (χ3n) is 3.80. The minimum atomic E-state index is -0.0877. The molecule has 106 valence electrons. The predicted octanol–water partition coefficient (Wildman–Crippen LogP) is 2.13. The third-order valence-corrected chi connectivity index (χ3v) is 4.70. The van der Waals surface area contributed by atoms with Gasteiger partial charge in [0.1, 0.15) is 0 Å². The minimum absolute atomic E-state index is 0.0708. The van der Waals surface area contributed by atoms with Crippen LogP contribution in [0.25, 0.3) is 10.1 Å². The molecule has 1 saturated heterocycles. The molecule has 1 unspecified atom stereocenters. The van der Waals surface area contributed by atoms with E-state index in [1.807, 2.05) is 19.1 Å². The van der Waals surface area contributed by atoms with Gasteiger partial charge >= 0.3 is 0 Å². The Labute approximate surface area is 122 Å². The molecule has 4 nitrogen and oxygen atoms in total. The maximum Gasteiger partial charge on any atom is 0.241 e. The van der Waals surface area contributed by atoms with Gasteiger partial charge in [-0.25, -0.2) is 0 Å². The lowest BCUT2D eigenvalue weighted by molar-refractivity contribution is -0.120. The number of rotatable bonds is 3. The predicted molar refractivity (Wildman–Crippen MR) is 84.4 cm³/mol. The summed E-state index contributed by atoms with van der Waals surface area (Å²) in [6, 6.07) is 8.06. The van der Waals surface area contributed by atoms with Gasteiger partial charge < -0.3 is 10.6 Å². The summed E-state index contributed by atoms with van der Waals surface area (Å²) < 4.78 is 1.25. The summed E-state index contributed by atoms with van der Waals surface area (Å²) in [5.74, 6) is 0.0708. The Kier molecular flexibility index (Phi) is 4.00. The van der Waals surface area contributed by atoms with E-state index in [-0.39, 0.29) is 11.9 Å². The summed E-state index contributed by atoms with van der Waals surface area (Å²) in [6.07, 6.45) is 0. The molecule has 1 aromatic heterocycles. The summed E-state index contributed by atoms with van der Waals surface area (Å²) in [6.45, 7) is 5.75. The van der Waals surface area contributed by atoms with Crippen LogP contribution in [0.1, 0.15) is 6.92 Å². The molecule has 1 aromatic carbocycles. The van der Waals surface area contributed by atoms with Gasteiger partial charge in [0.2, 0.25) is 5.91 Å². The van der Waals surface area contributed by atoms with Crippen molar-refractivity contribution in [3.05, 3.63) is 29.6 Å². The second-order valence-corrected chi connectivity index (χ2v) is 6.07. The summed E-state index contributed by atoms with van der Waals surface area (Å²) in [5, 5.41) is 9.58. The molecular formula is C15H19N3OS. The van der Waals surface area contributed by atoms with Gasteiger partial charge in [0.05, 0.1) is 6.04 Å². The van der Waals surface area contributed by atoms with Crippen LogP contribution < -0.4 is 10.6 Å². The highest BCUT2D eigenvalue weighted by Crippen LogP contribution is 2.24. The van der Waals surface area contributed by atoms with Crippen LogP contribution in [0.3, 0.4) is 0 Å². The van der Waals surface area contributed by atoms with E-state index in [2.05, 4.69) is 33.0 Å². The topological polar surface area (TPSA) is 44.4 Å². The van der Waals surface area contributed by atoms with E-state index < -0.39 is 0 Å². The largest absolute Gasteiger partial charge is 0.325 e. The monoisotopic (exact) mass is 289 g/mol. The number of nitrogens with zero attached hydrogens (tertiary/aromatic N) is 1. The van der Waals surface area contributed by atoms with E-state index in [1.165, 1.54) is 10.1 Å². The van der Waals surface area contributed by atoms with Crippen molar-refractivity contribution >= 4 is 33.0 Å². The molecule has 1 aliphatic heterocycles. The molecule has 2 aromatic rings. The lowest BCUT2D eigenvalue weighted by Crippen LogP contribution is -2.51. The Balaban J connectivity index is 1.67. The van der Waals surface area contributed by atoms with Crippen molar-refractivity contribution in [1.82, 2.24) is 10.2 Å². The van der Waals surface area contributed by atoms with E-state index in [9.17, 15) is 4.79 Å². The van der Waals surface area contributed by atoms with Crippen LogP contribution in [0, 0.1) is 0 Å². The molecule has 0 saturated carbocycles. The van der Waals surface area contributed by atoms with Crippen molar-refractivity contribution in [2.24, 2.45) is 0 Å². The average Bonchev–Trinajstić information content (AvgIpc) is 2.95. The number of carbonyl (C=O) groups is 1. The molecule has 1 atom stereocenters. The molecule has 20 heavy (non-hydrogen) atoms. The van der Waals surface area contributed by atoms with E-state index in [4.69, 9.17) is 0 Å². The van der Waals surface area contributed by atoms with Crippen LogP contribution >= 0.6 is 11.3 Å². The lowest BCUT2D eigenvalue weighted by Gasteiger charge is -2.31. The lowest BCUT2D eigenvalue weighted by atomic mass is 10.2. The quantitative estimate of drug-likeness (QED) is 0.910. The van der Waals surface area contributed by atoms with E-state index >= 15 is 0 Å². The van der Waals surface area contributed by atoms with Crippen molar-refractivity contribution in [2.45, 2.75) is 13.0 Å². The number of anilines is 1. The first-order valence-corrected chi connectivity index (χ1v) is 7.85. The van der Waals surface area contributed by atoms with Crippen LogP contribution in [-0.2, 0) is 4.79 Å². The molecule has 2 heterocycles. The van der Waals surface area contributed by atoms with Crippen LogP contribution in [0.15, 0.2) is 29.6 Å². The molecule has 1 fully saturated rings. The molecule has 0 aliphatic carbocycles. The fraction of sp³-hybridized carbons (Fsp3) is 0.400. The fourth-order valence-electron chi connectivity index (χ4n) is 2.53. The fourth-order valence-corrected chi connectivity index (χ4v) is 3.30. The van der Waals surface area contributed by atoms with Crippen molar-refractivity contribution in [2.75, 3.05) is 31.5 Å². The first-order chi connectivity index (χ1) is 9.74. The SMILES string of the molecule is CC(C(=O)Nc1ccc2sccc2c1)N1CCNCC1. The Morgan fingerprint density at radius 3 is 2.95 bits per heavy atom. The van der Waals surface area contributed by atoms with E-state index in [0.29, 0.717) is 0 Å². The number of carbonyl (C=O) groups excluding carboxylic acids is 1. The van der Waals surface area contributed by atoms with E-state index in [1.54, 1.807) is 11.3 Å². The van der Waals surface area contributed by atoms with Crippen LogP contribution in [0.2, 0.25) is 0 Å². The maximum atomic E-state index is 12.3. The van der Waals surface area contributed by atoms with Crippen molar-refractivity contribution in [3.8, 4) is 0 Å². The molecule has 3 rings (SSSR count). The average molecular weight is 289 g/mol. The smallest absolute Gasteiger partial charge is 0.241 e. The van der Waals surface area contributed by atoms with Gasteiger partial charge in [-0.05, 0) is 42.0 Å². The van der Waals surface area contributed by atoms with Gasteiger partial charge in [-0.1, -0.05) is 0 Å². The van der Waals surface area contributed by atoms with Gasteiger partial charge in [-0.15, -0.1) is 11.3 Å². The molecular weight excluding hydrogens is 270 g/mol. The number of nitrogens with one attached hydrogen (secondary N) is 2. The second-order valence-electron chi connectivity index (χ2n) is 5.12. The number of amides is 1. The van der Waals surface area contributed by atoms with Gasteiger partial charge in [-0.3, -0.25) is 9.69 Å². The zero-order valence-electron chi connectivity index (χ0n) is 11.6. The number of hydrogen-bond acceptors (Lipinski definition) is 4. The minimum Gasteiger partial charge on any atom is -0.325 e. The standard InChI is InChI=1S/C15H19N3OS/c1-11(18-7-5-16-6-8-18)15(19)17-13-2-3-14-12(10-13)4-9-20-14/h2-4,9-11,16H,5-8H2,1H3,(H,17,19). The van der Waals surface area contributed by atoms with Gasteiger partial charge in [-0.2, -0.15) is 0 Å². The normalized spacial score (nSPS) is 18.1. The molecule has 1 amide bonds. The third kappa shape index (κ3) is 2.85. The summed E-state index contributed by atoms with van der Waals surface area (Å²) >= 11 is 1.72. The highest BCUT2D eigenvalue weighted by Gasteiger charge is 2.22. The molecule has 0 bridgehead atoms. The van der Waals surface area contributed by atoms with Crippen LogP contribution in [-0.4, -0.2) is 43.0 Å². The van der Waals surface area contributed by atoms with Crippen molar-refractivity contribution in [1.29, 1.82) is 0 Å². The molecule has 5 heteroatoms. The maximum absolute atomic E-state index is 12.3. The van der Waals surface area contributed by atoms with Gasteiger partial charge in [0.15, 0.2) is 0 Å². The highest BCUT2D eigenvalue weighted by molar-refractivity contribution is 7.17. The molecule has 2 N–H and O–H groups in total. The number of hydrogen-bond donors (Lipinski definition) is 2. The number of piperazine rings is 1.